The van der Waals surface area contributed by atoms with Crippen LogP contribution in [0.4, 0.5) is 5.69 Å². The Kier molecular flexibility index (Phi) is 13.0. The minimum absolute atomic E-state index is 0.0368. The van der Waals surface area contributed by atoms with Crippen LogP contribution >= 0.6 is 34.8 Å². The van der Waals surface area contributed by atoms with Gasteiger partial charge < -0.3 is 15.0 Å². The lowest BCUT2D eigenvalue weighted by molar-refractivity contribution is -0.140. The molecule has 0 aliphatic rings. The summed E-state index contributed by atoms with van der Waals surface area (Å²) in [6, 6.07) is 25.4. The molecule has 8 nitrogen and oxygen atoms in total. The van der Waals surface area contributed by atoms with Crippen LogP contribution in [0.3, 0.4) is 0 Å². The molecule has 4 rings (SSSR count). The van der Waals surface area contributed by atoms with Crippen LogP contribution in [0.25, 0.3) is 0 Å². The minimum atomic E-state index is -4.28. The molecule has 12 heteroatoms. The van der Waals surface area contributed by atoms with E-state index in [2.05, 4.69) is 5.32 Å². The lowest BCUT2D eigenvalue weighted by Gasteiger charge is -2.34. The van der Waals surface area contributed by atoms with Gasteiger partial charge in [-0.1, -0.05) is 78.1 Å². The van der Waals surface area contributed by atoms with Gasteiger partial charge in [-0.3, -0.25) is 13.9 Å². The predicted molar refractivity (Wildman–Crippen MR) is 188 cm³/mol. The van der Waals surface area contributed by atoms with Crippen molar-refractivity contribution < 1.29 is 22.7 Å². The Morgan fingerprint density at radius 2 is 1.51 bits per heavy atom. The van der Waals surface area contributed by atoms with E-state index in [-0.39, 0.29) is 34.5 Å². The quantitative estimate of drug-likeness (QED) is 0.138. The molecule has 0 heterocycles. The molecule has 0 aliphatic carbocycles. The molecule has 2 amide bonds. The predicted octanol–water partition coefficient (Wildman–Crippen LogP) is 7.41. The van der Waals surface area contributed by atoms with Crippen molar-refractivity contribution in [3.63, 3.8) is 0 Å². The maximum Gasteiger partial charge on any atom is 0.264 e. The molecule has 1 atom stereocenters. The van der Waals surface area contributed by atoms with Gasteiger partial charge in [0.15, 0.2) is 0 Å². The SMILES string of the molecule is CCCNC(=O)[C@@H](Cc1ccccc1)N(Cc1ccc(Cl)c(Cl)c1)C(=O)CN(c1ccc(OCC)cc1)S(=O)(=O)c1ccc(Cl)cc1. The molecular formula is C35H36Cl3N3O5S. The van der Waals surface area contributed by atoms with Crippen molar-refractivity contribution in [1.82, 2.24) is 10.2 Å². The van der Waals surface area contributed by atoms with Crippen molar-refractivity contribution >= 4 is 62.3 Å². The standard InChI is InChI=1S/C35H36Cl3N3O5S/c1-3-20-39-35(43)33(22-25-8-6-5-7-9-25)40(23-26-10-19-31(37)32(38)21-26)34(42)24-41(28-13-15-29(16-14-28)46-4-2)47(44,45)30-17-11-27(36)12-18-30/h5-19,21,33H,3-4,20,22-24H2,1-2H3,(H,39,43)/t33-/m1/s1. The zero-order valence-corrected chi connectivity index (χ0v) is 29.1. The third-order valence-corrected chi connectivity index (χ3v) is 10.1. The number of ether oxygens (including phenoxy) is 1. The van der Waals surface area contributed by atoms with Gasteiger partial charge in [-0.25, -0.2) is 8.42 Å². The van der Waals surface area contributed by atoms with Gasteiger partial charge in [0.05, 0.1) is 27.2 Å². The molecule has 4 aromatic carbocycles. The van der Waals surface area contributed by atoms with E-state index in [1.807, 2.05) is 44.2 Å². The number of hydrogen-bond donors (Lipinski definition) is 1. The molecule has 4 aromatic rings. The Hall–Kier alpha value is -3.76. The van der Waals surface area contributed by atoms with Crippen LogP contribution in [-0.4, -0.2) is 50.9 Å². The first-order valence-electron chi connectivity index (χ1n) is 15.1. The number of halogens is 3. The van der Waals surface area contributed by atoms with Crippen LogP contribution in [0.15, 0.2) is 102 Å². The number of nitrogens with one attached hydrogen (secondary N) is 1. The second-order valence-corrected chi connectivity index (χ2v) is 13.8. The van der Waals surface area contributed by atoms with Gasteiger partial charge in [0.1, 0.15) is 18.3 Å². The normalized spacial score (nSPS) is 11.9. The van der Waals surface area contributed by atoms with Gasteiger partial charge >= 0.3 is 0 Å². The van der Waals surface area contributed by atoms with E-state index < -0.39 is 28.5 Å². The van der Waals surface area contributed by atoms with Gasteiger partial charge in [-0.05, 0) is 85.1 Å². The Morgan fingerprint density at radius 1 is 0.830 bits per heavy atom. The third kappa shape index (κ3) is 9.64. The van der Waals surface area contributed by atoms with E-state index in [1.54, 1.807) is 42.5 Å². The number of carbonyl (C=O) groups is 2. The third-order valence-electron chi connectivity index (χ3n) is 7.27. The van der Waals surface area contributed by atoms with E-state index in [0.717, 1.165) is 9.87 Å². The second kappa shape index (κ2) is 16.9. The van der Waals surface area contributed by atoms with Gasteiger partial charge in [0.25, 0.3) is 10.0 Å². The smallest absolute Gasteiger partial charge is 0.264 e. The monoisotopic (exact) mass is 715 g/mol. The van der Waals surface area contributed by atoms with Crippen molar-refractivity contribution in [1.29, 1.82) is 0 Å². The first-order valence-corrected chi connectivity index (χ1v) is 17.7. The summed E-state index contributed by atoms with van der Waals surface area (Å²) in [6.45, 7) is 3.97. The number of nitrogens with zero attached hydrogens (tertiary/aromatic N) is 2. The summed E-state index contributed by atoms with van der Waals surface area (Å²) in [4.78, 5) is 29.6. The number of sulfonamides is 1. The van der Waals surface area contributed by atoms with E-state index >= 15 is 0 Å². The highest BCUT2D eigenvalue weighted by Gasteiger charge is 2.34. The van der Waals surface area contributed by atoms with Crippen LogP contribution in [-0.2, 0) is 32.6 Å². The molecule has 0 aromatic heterocycles. The van der Waals surface area contributed by atoms with Crippen molar-refractivity contribution in [3.05, 3.63) is 123 Å². The van der Waals surface area contributed by atoms with Crippen molar-refractivity contribution in [2.24, 2.45) is 0 Å². The van der Waals surface area contributed by atoms with Crippen LogP contribution < -0.4 is 14.4 Å². The summed E-state index contributed by atoms with van der Waals surface area (Å²) in [5.74, 6) is -0.421. The molecule has 0 bridgehead atoms. The van der Waals surface area contributed by atoms with Crippen LogP contribution in [0.1, 0.15) is 31.4 Å². The van der Waals surface area contributed by atoms with Crippen LogP contribution in [0.2, 0.25) is 15.1 Å². The Morgan fingerprint density at radius 3 is 2.13 bits per heavy atom. The fourth-order valence-corrected chi connectivity index (χ4v) is 6.75. The molecule has 0 unspecified atom stereocenters. The summed E-state index contributed by atoms with van der Waals surface area (Å²) in [7, 11) is -4.28. The van der Waals surface area contributed by atoms with Crippen LogP contribution in [0.5, 0.6) is 5.75 Å². The molecule has 0 aliphatic heterocycles. The first kappa shape index (κ1) is 36.1. The van der Waals surface area contributed by atoms with Crippen LogP contribution in [0, 0.1) is 0 Å². The number of carbonyl (C=O) groups excluding carboxylic acids is 2. The molecule has 47 heavy (non-hydrogen) atoms. The molecule has 0 fully saturated rings. The maximum absolute atomic E-state index is 14.5. The number of amides is 2. The van der Waals surface area contributed by atoms with Gasteiger partial charge in [-0.15, -0.1) is 0 Å². The number of anilines is 1. The van der Waals surface area contributed by atoms with Crippen molar-refractivity contribution in [2.75, 3.05) is 24.0 Å². The lowest BCUT2D eigenvalue weighted by Crippen LogP contribution is -2.53. The summed E-state index contributed by atoms with van der Waals surface area (Å²) in [5, 5.41) is 3.91. The second-order valence-electron chi connectivity index (χ2n) is 10.7. The average Bonchev–Trinajstić information content (AvgIpc) is 3.06. The summed E-state index contributed by atoms with van der Waals surface area (Å²) in [6.07, 6.45) is 0.881. The Labute approximate surface area is 291 Å². The van der Waals surface area contributed by atoms with Crippen molar-refractivity contribution in [2.45, 2.75) is 44.2 Å². The van der Waals surface area contributed by atoms with Gasteiger partial charge in [0, 0.05) is 24.5 Å². The number of benzene rings is 4. The molecule has 248 valence electrons. The zero-order valence-electron chi connectivity index (χ0n) is 26.0. The minimum Gasteiger partial charge on any atom is -0.494 e. The highest BCUT2D eigenvalue weighted by molar-refractivity contribution is 7.92. The molecule has 0 saturated carbocycles. The first-order chi connectivity index (χ1) is 22.5. The maximum atomic E-state index is 14.5. The van der Waals surface area contributed by atoms with Crippen molar-refractivity contribution in [3.8, 4) is 5.75 Å². The topological polar surface area (TPSA) is 96.0 Å². The molecule has 0 spiro atoms. The molecule has 1 N–H and O–H groups in total. The Bertz CT molecular complexity index is 1760. The average molecular weight is 717 g/mol. The van der Waals surface area contributed by atoms with E-state index in [0.29, 0.717) is 40.9 Å². The number of hydrogen-bond acceptors (Lipinski definition) is 5. The van der Waals surface area contributed by atoms with Gasteiger partial charge in [-0.2, -0.15) is 0 Å². The highest BCUT2D eigenvalue weighted by Crippen LogP contribution is 2.29. The highest BCUT2D eigenvalue weighted by atomic mass is 35.5. The fourth-order valence-electron chi connectivity index (χ4n) is 4.89. The summed E-state index contributed by atoms with van der Waals surface area (Å²) < 4.78 is 34.9. The lowest BCUT2D eigenvalue weighted by atomic mass is 10.0. The Balaban J connectivity index is 1.81. The molecule has 0 saturated heterocycles. The summed E-state index contributed by atoms with van der Waals surface area (Å²) in [5.41, 5.74) is 1.68. The van der Waals surface area contributed by atoms with Gasteiger partial charge in [0.2, 0.25) is 11.8 Å². The zero-order chi connectivity index (χ0) is 34.0. The van der Waals surface area contributed by atoms with E-state index in [1.165, 1.54) is 29.2 Å². The van der Waals surface area contributed by atoms with E-state index in [9.17, 15) is 18.0 Å². The largest absolute Gasteiger partial charge is 0.494 e. The fraction of sp³-hybridized carbons (Fsp3) is 0.257. The number of rotatable bonds is 15. The molecular weight excluding hydrogens is 681 g/mol. The summed E-state index contributed by atoms with van der Waals surface area (Å²) >= 11 is 18.6. The van der Waals surface area contributed by atoms with E-state index in [4.69, 9.17) is 39.5 Å². The molecule has 0 radical (unpaired) electrons.